The van der Waals surface area contributed by atoms with E-state index in [1.807, 2.05) is 0 Å². The van der Waals surface area contributed by atoms with E-state index in [9.17, 15) is 29.7 Å². The lowest BCUT2D eigenvalue weighted by atomic mass is 9.89. The van der Waals surface area contributed by atoms with Gasteiger partial charge >= 0.3 is 17.9 Å². The van der Waals surface area contributed by atoms with Crippen LogP contribution in [0.1, 0.15) is 31.1 Å². The van der Waals surface area contributed by atoms with Gasteiger partial charge in [-0.15, -0.1) is 0 Å². The highest BCUT2D eigenvalue weighted by Crippen LogP contribution is 2.42. The molecule has 0 spiro atoms. The normalized spacial score (nSPS) is 11.0. The highest BCUT2D eigenvalue weighted by molar-refractivity contribution is 6.10. The Morgan fingerprint density at radius 3 is 2.10 bits per heavy atom. The van der Waals surface area contributed by atoms with Crippen molar-refractivity contribution in [3.05, 3.63) is 70.6 Å². The van der Waals surface area contributed by atoms with Gasteiger partial charge in [-0.05, 0) is 23.8 Å². The van der Waals surface area contributed by atoms with Crippen LogP contribution in [0.15, 0.2) is 52.9 Å². The molecule has 6 N–H and O–H groups in total. The average molecular weight is 418 g/mol. The maximum Gasteiger partial charge on any atom is 0.337 e. The number of rotatable bonds is 4. The van der Waals surface area contributed by atoms with Crippen molar-refractivity contribution in [1.29, 1.82) is 5.41 Å². The summed E-state index contributed by atoms with van der Waals surface area (Å²) in [5.41, 5.74) is 6.05. The molecule has 0 saturated carbocycles. The number of nitrogens with one attached hydrogen (secondary N) is 1. The molecule has 4 rings (SSSR count). The number of anilines is 1. The van der Waals surface area contributed by atoms with Gasteiger partial charge in [-0.3, -0.25) is 5.41 Å². The van der Waals surface area contributed by atoms with Gasteiger partial charge in [-0.2, -0.15) is 0 Å². The molecule has 0 saturated heterocycles. The zero-order valence-corrected chi connectivity index (χ0v) is 15.7. The lowest BCUT2D eigenvalue weighted by molar-refractivity contribution is 0.0685. The van der Waals surface area contributed by atoms with Crippen LogP contribution in [0, 0.1) is 5.41 Å². The Morgan fingerprint density at radius 1 is 0.806 bits per heavy atom. The minimum absolute atomic E-state index is 0.0613. The Morgan fingerprint density at radius 2 is 1.45 bits per heavy atom. The standard InChI is InChI=1S/C22H14N2O7/c23-15-7-17-13(5-11(15)21(27)28)19(9-3-1-2-4-10(9)20(25)26)14-6-12(22(29)30)16(24)8-18(14)31-17/h1-8,23H,24H2,(H,25,26)(H,27,28)(H,29,30). The van der Waals surface area contributed by atoms with Crippen LogP contribution < -0.4 is 11.1 Å². The van der Waals surface area contributed by atoms with Crippen molar-refractivity contribution < 1.29 is 34.1 Å². The first kappa shape index (κ1) is 19.6. The fraction of sp³-hybridized carbons (Fsp3) is 0. The van der Waals surface area contributed by atoms with Crippen LogP contribution in [-0.2, 0) is 0 Å². The molecule has 0 unspecified atom stereocenters. The number of fused-ring (bicyclic) bond motifs is 2. The first-order valence-corrected chi connectivity index (χ1v) is 8.87. The van der Waals surface area contributed by atoms with Crippen LogP contribution in [0.5, 0.6) is 0 Å². The number of carboxylic acid groups (broad SMARTS) is 3. The zero-order chi connectivity index (χ0) is 22.4. The van der Waals surface area contributed by atoms with Gasteiger partial charge in [0, 0.05) is 34.3 Å². The van der Waals surface area contributed by atoms with E-state index < -0.39 is 17.9 Å². The average Bonchev–Trinajstić information content (AvgIpc) is 2.70. The number of hydrogen-bond donors (Lipinski definition) is 5. The van der Waals surface area contributed by atoms with E-state index in [-0.39, 0.29) is 61.2 Å². The molecule has 0 fully saturated rings. The summed E-state index contributed by atoms with van der Waals surface area (Å²) in [6.07, 6.45) is 0. The first-order chi connectivity index (χ1) is 14.7. The lowest BCUT2D eigenvalue weighted by Gasteiger charge is -2.18. The maximum absolute atomic E-state index is 11.9. The van der Waals surface area contributed by atoms with Crippen LogP contribution in [0.3, 0.4) is 0 Å². The fourth-order valence-electron chi connectivity index (χ4n) is 3.54. The smallest absolute Gasteiger partial charge is 0.337 e. The van der Waals surface area contributed by atoms with Gasteiger partial charge in [0.05, 0.1) is 22.0 Å². The lowest BCUT2D eigenvalue weighted by Crippen LogP contribution is -2.15. The molecule has 154 valence electrons. The number of carbonyl (C=O) groups is 3. The quantitative estimate of drug-likeness (QED) is 0.247. The van der Waals surface area contributed by atoms with Crippen LogP contribution in [0.25, 0.3) is 33.4 Å². The number of nitrogen functional groups attached to an aromatic ring is 1. The van der Waals surface area contributed by atoms with E-state index in [4.69, 9.17) is 15.6 Å². The molecule has 0 amide bonds. The van der Waals surface area contributed by atoms with Gasteiger partial charge in [-0.1, -0.05) is 18.2 Å². The van der Waals surface area contributed by atoms with E-state index in [2.05, 4.69) is 0 Å². The Labute approximate surface area is 173 Å². The van der Waals surface area contributed by atoms with Gasteiger partial charge < -0.3 is 25.5 Å². The Kier molecular flexibility index (Phi) is 4.43. The fourth-order valence-corrected chi connectivity index (χ4v) is 3.54. The number of nitrogens with two attached hydrogens (primary N) is 1. The summed E-state index contributed by atoms with van der Waals surface area (Å²) in [4.78, 5) is 35.1. The van der Waals surface area contributed by atoms with E-state index >= 15 is 0 Å². The Bertz CT molecular complexity index is 1450. The largest absolute Gasteiger partial charge is 0.478 e. The van der Waals surface area contributed by atoms with E-state index in [0.29, 0.717) is 0 Å². The van der Waals surface area contributed by atoms with Crippen LogP contribution in [-0.4, -0.2) is 33.2 Å². The predicted molar refractivity (Wildman–Crippen MR) is 109 cm³/mol. The molecular formula is C22H14N2O7. The van der Waals surface area contributed by atoms with Crippen molar-refractivity contribution in [1.82, 2.24) is 0 Å². The Balaban J connectivity index is 2.28. The monoisotopic (exact) mass is 418 g/mol. The van der Waals surface area contributed by atoms with Crippen LogP contribution in [0.2, 0.25) is 0 Å². The molecule has 2 aliphatic rings. The zero-order valence-electron chi connectivity index (χ0n) is 15.7. The van der Waals surface area contributed by atoms with Gasteiger partial charge in [-0.25, -0.2) is 14.4 Å². The van der Waals surface area contributed by atoms with Crippen molar-refractivity contribution in [2.45, 2.75) is 0 Å². The summed E-state index contributed by atoms with van der Waals surface area (Å²) in [5, 5.41) is 36.5. The molecule has 31 heavy (non-hydrogen) atoms. The summed E-state index contributed by atoms with van der Waals surface area (Å²) < 4.78 is 5.81. The number of hydrogen-bond acceptors (Lipinski definition) is 6. The van der Waals surface area contributed by atoms with E-state index in [0.717, 1.165) is 0 Å². The van der Waals surface area contributed by atoms with E-state index in [1.54, 1.807) is 6.07 Å². The molecule has 1 heterocycles. The first-order valence-electron chi connectivity index (χ1n) is 8.87. The third-order valence-electron chi connectivity index (χ3n) is 4.92. The molecule has 0 atom stereocenters. The molecule has 1 aliphatic carbocycles. The third kappa shape index (κ3) is 3.14. The summed E-state index contributed by atoms with van der Waals surface area (Å²) in [7, 11) is 0. The molecule has 2 aromatic carbocycles. The molecule has 2 aromatic rings. The summed E-state index contributed by atoms with van der Waals surface area (Å²) >= 11 is 0. The Hall–Kier alpha value is -4.66. The topological polar surface area (TPSA) is 175 Å². The number of benzene rings is 3. The minimum atomic E-state index is -1.34. The second kappa shape index (κ2) is 6.99. The number of aromatic carboxylic acids is 3. The van der Waals surface area contributed by atoms with E-state index in [1.165, 1.54) is 42.5 Å². The molecule has 0 bridgehead atoms. The van der Waals surface area contributed by atoms with Crippen molar-refractivity contribution in [3.8, 4) is 22.5 Å². The molecule has 0 radical (unpaired) electrons. The molecular weight excluding hydrogens is 404 g/mol. The second-order valence-electron chi connectivity index (χ2n) is 6.77. The van der Waals surface area contributed by atoms with Crippen molar-refractivity contribution in [2.75, 3.05) is 5.73 Å². The van der Waals surface area contributed by atoms with Gasteiger partial charge in [0.2, 0.25) is 0 Å². The molecule has 0 aromatic heterocycles. The third-order valence-corrected chi connectivity index (χ3v) is 4.92. The highest BCUT2D eigenvalue weighted by atomic mass is 16.4. The summed E-state index contributed by atoms with van der Waals surface area (Å²) in [5.74, 6) is -3.72. The van der Waals surface area contributed by atoms with Crippen molar-refractivity contribution >= 4 is 34.6 Å². The number of carboxylic acids is 3. The summed E-state index contributed by atoms with van der Waals surface area (Å²) in [6, 6.07) is 11.1. The van der Waals surface area contributed by atoms with Crippen molar-refractivity contribution in [3.63, 3.8) is 0 Å². The predicted octanol–water partition coefficient (Wildman–Crippen LogP) is 3.36. The SMILES string of the molecule is N=c1cc2oc3cc(N)c(C(=O)O)cc3c(-c3ccccc3C(=O)O)c-2cc1C(=O)O. The molecule has 1 aliphatic heterocycles. The second-order valence-corrected chi connectivity index (χ2v) is 6.77. The molecule has 9 nitrogen and oxygen atoms in total. The van der Waals surface area contributed by atoms with Crippen LogP contribution in [0.4, 0.5) is 5.69 Å². The van der Waals surface area contributed by atoms with Gasteiger partial charge in [0.1, 0.15) is 11.3 Å². The minimum Gasteiger partial charge on any atom is -0.478 e. The van der Waals surface area contributed by atoms with Crippen LogP contribution >= 0.6 is 0 Å². The summed E-state index contributed by atoms with van der Waals surface area (Å²) in [6.45, 7) is 0. The van der Waals surface area contributed by atoms with Gasteiger partial charge in [0.25, 0.3) is 0 Å². The maximum atomic E-state index is 11.9. The van der Waals surface area contributed by atoms with Gasteiger partial charge in [0.15, 0.2) is 0 Å². The molecule has 9 heteroatoms. The highest BCUT2D eigenvalue weighted by Gasteiger charge is 2.24. The van der Waals surface area contributed by atoms with Crippen molar-refractivity contribution in [2.24, 2.45) is 0 Å².